The highest BCUT2D eigenvalue weighted by Gasteiger charge is 2.33. The number of amides is 2. The van der Waals surface area contributed by atoms with Gasteiger partial charge in [-0.15, -0.1) is 11.3 Å². The smallest absolute Gasteiger partial charge is 0.407 e. The Morgan fingerprint density at radius 1 is 1.08 bits per heavy atom. The van der Waals surface area contributed by atoms with Gasteiger partial charge in [0.15, 0.2) is 0 Å². The number of benzene rings is 2. The molecular weight excluding hydrogens is 474 g/mol. The zero-order valence-electron chi connectivity index (χ0n) is 20.9. The highest BCUT2D eigenvalue weighted by Crippen LogP contribution is 2.37. The molecule has 36 heavy (non-hydrogen) atoms. The number of rotatable bonds is 8. The van der Waals surface area contributed by atoms with Gasteiger partial charge < -0.3 is 20.3 Å². The molecule has 3 N–H and O–H groups in total. The van der Waals surface area contributed by atoms with Gasteiger partial charge in [0.05, 0.1) is 28.6 Å². The van der Waals surface area contributed by atoms with Crippen LogP contribution >= 0.6 is 11.3 Å². The molecular formula is C27H31N5O3S. The first-order valence-electron chi connectivity index (χ1n) is 11.8. The summed E-state index contributed by atoms with van der Waals surface area (Å²) < 4.78 is 0. The second-order valence-electron chi connectivity index (χ2n) is 9.96. The molecule has 0 radical (unpaired) electrons. The summed E-state index contributed by atoms with van der Waals surface area (Å²) in [5, 5.41) is 15.4. The van der Waals surface area contributed by atoms with Crippen molar-refractivity contribution in [1.82, 2.24) is 25.2 Å². The van der Waals surface area contributed by atoms with Crippen LogP contribution in [0, 0.1) is 5.41 Å². The minimum Gasteiger partial charge on any atom is -0.465 e. The molecule has 2 heterocycles. The maximum absolute atomic E-state index is 12.9. The van der Waals surface area contributed by atoms with Gasteiger partial charge in [-0.05, 0) is 30.0 Å². The molecule has 2 aromatic heterocycles. The Labute approximate surface area is 214 Å². The predicted octanol–water partition coefficient (Wildman–Crippen LogP) is 5.82. The van der Waals surface area contributed by atoms with Crippen LogP contribution in [0.3, 0.4) is 0 Å². The summed E-state index contributed by atoms with van der Waals surface area (Å²) >= 11 is 1.38. The van der Waals surface area contributed by atoms with E-state index in [4.69, 9.17) is 0 Å². The fraction of sp³-hybridized carbons (Fsp3) is 0.333. The van der Waals surface area contributed by atoms with Crippen LogP contribution in [0.2, 0.25) is 0 Å². The van der Waals surface area contributed by atoms with Gasteiger partial charge in [0.1, 0.15) is 11.5 Å². The second-order valence-corrected chi connectivity index (χ2v) is 10.8. The molecule has 4 aromatic rings. The summed E-state index contributed by atoms with van der Waals surface area (Å²) in [6.45, 7) is 8.45. The number of thiazole rings is 1. The van der Waals surface area contributed by atoms with Crippen molar-refractivity contribution >= 4 is 34.4 Å². The van der Waals surface area contributed by atoms with Crippen LogP contribution in [0.1, 0.15) is 66.5 Å². The molecule has 0 spiro atoms. The van der Waals surface area contributed by atoms with E-state index in [-0.39, 0.29) is 36.4 Å². The molecule has 0 aliphatic carbocycles. The molecule has 2 atom stereocenters. The Morgan fingerprint density at radius 2 is 1.78 bits per heavy atom. The molecule has 2 aromatic carbocycles. The van der Waals surface area contributed by atoms with Crippen LogP contribution in [-0.2, 0) is 6.54 Å². The summed E-state index contributed by atoms with van der Waals surface area (Å²) in [5.74, 6) is 0.121. The maximum Gasteiger partial charge on any atom is 0.407 e. The topological polar surface area (TPSA) is 111 Å². The monoisotopic (exact) mass is 505 g/mol. The number of hydrogen-bond donors (Lipinski definition) is 3. The summed E-state index contributed by atoms with van der Waals surface area (Å²) in [6, 6.07) is 17.2. The zero-order chi connectivity index (χ0) is 25.9. The Kier molecular flexibility index (Phi) is 7.40. The van der Waals surface area contributed by atoms with Crippen molar-refractivity contribution in [1.29, 1.82) is 0 Å². The van der Waals surface area contributed by atoms with E-state index in [0.717, 1.165) is 21.6 Å². The Hall–Kier alpha value is -3.72. The van der Waals surface area contributed by atoms with E-state index in [1.165, 1.54) is 16.2 Å². The number of fused-ring (bicyclic) bond motifs is 1. The van der Waals surface area contributed by atoms with Crippen molar-refractivity contribution in [2.24, 2.45) is 5.41 Å². The fourth-order valence-electron chi connectivity index (χ4n) is 4.06. The van der Waals surface area contributed by atoms with Gasteiger partial charge >= 0.3 is 6.09 Å². The van der Waals surface area contributed by atoms with Crippen LogP contribution in [0.15, 0.2) is 60.0 Å². The standard InChI is InChI=1S/C27H31N5O3S/c1-17(18-10-6-5-7-11-18)28-24(33)22-16-36-25(31-22)19(27(2,3)4)14-32(26(34)35)15-23-29-20-12-8-9-13-21(20)30-23/h5-13,16-17,19H,14-15H2,1-4H3,(H,28,33)(H,29,30)(H,34,35). The number of carbonyl (C=O) groups excluding carboxylic acids is 1. The maximum atomic E-state index is 12.9. The van der Waals surface area contributed by atoms with Gasteiger partial charge in [0.25, 0.3) is 5.91 Å². The molecule has 0 aliphatic rings. The van der Waals surface area contributed by atoms with Gasteiger partial charge in [-0.1, -0.05) is 63.2 Å². The minimum atomic E-state index is -1.03. The van der Waals surface area contributed by atoms with Gasteiger partial charge in [0, 0.05) is 17.8 Å². The third-order valence-corrected chi connectivity index (χ3v) is 7.16. The molecule has 8 nitrogen and oxygen atoms in total. The molecule has 9 heteroatoms. The van der Waals surface area contributed by atoms with E-state index in [1.807, 2.05) is 61.5 Å². The lowest BCUT2D eigenvalue weighted by Gasteiger charge is -2.32. The number of H-pyrrole nitrogens is 1. The summed E-state index contributed by atoms with van der Waals surface area (Å²) in [4.78, 5) is 38.8. The number of nitrogens with one attached hydrogen (secondary N) is 2. The molecule has 188 valence electrons. The normalized spacial score (nSPS) is 13.3. The van der Waals surface area contributed by atoms with E-state index in [0.29, 0.717) is 11.5 Å². The molecule has 0 saturated carbocycles. The molecule has 0 fully saturated rings. The van der Waals surface area contributed by atoms with Crippen molar-refractivity contribution in [3.8, 4) is 0 Å². The number of imidazole rings is 1. The number of carbonyl (C=O) groups is 2. The average molecular weight is 506 g/mol. The number of hydrogen-bond acceptors (Lipinski definition) is 5. The van der Waals surface area contributed by atoms with Gasteiger partial charge in [-0.2, -0.15) is 0 Å². The Morgan fingerprint density at radius 3 is 2.44 bits per heavy atom. The van der Waals surface area contributed by atoms with Crippen LogP contribution in [0.25, 0.3) is 11.0 Å². The van der Waals surface area contributed by atoms with E-state index < -0.39 is 6.09 Å². The Balaban J connectivity index is 1.51. The number of aromatic nitrogens is 3. The van der Waals surface area contributed by atoms with Crippen molar-refractivity contribution in [3.05, 3.63) is 82.1 Å². The molecule has 2 unspecified atom stereocenters. The van der Waals surface area contributed by atoms with Crippen LogP contribution in [0.5, 0.6) is 0 Å². The number of carboxylic acid groups (broad SMARTS) is 1. The summed E-state index contributed by atoms with van der Waals surface area (Å²) in [6.07, 6.45) is -1.03. The number of para-hydroxylation sites is 2. The van der Waals surface area contributed by atoms with E-state index in [1.54, 1.807) is 5.38 Å². The van der Waals surface area contributed by atoms with Gasteiger partial charge in [0.2, 0.25) is 0 Å². The van der Waals surface area contributed by atoms with Crippen LogP contribution < -0.4 is 5.32 Å². The zero-order valence-corrected chi connectivity index (χ0v) is 21.7. The van der Waals surface area contributed by atoms with Gasteiger partial charge in [-0.3, -0.25) is 4.79 Å². The van der Waals surface area contributed by atoms with Gasteiger partial charge in [-0.25, -0.2) is 14.8 Å². The molecule has 0 bridgehead atoms. The highest BCUT2D eigenvalue weighted by atomic mass is 32.1. The van der Waals surface area contributed by atoms with Crippen LogP contribution in [0.4, 0.5) is 4.79 Å². The lowest BCUT2D eigenvalue weighted by atomic mass is 9.80. The average Bonchev–Trinajstić information content (AvgIpc) is 3.48. The predicted molar refractivity (Wildman–Crippen MR) is 141 cm³/mol. The van der Waals surface area contributed by atoms with E-state index in [2.05, 4.69) is 41.0 Å². The Bertz CT molecular complexity index is 1310. The quantitative estimate of drug-likeness (QED) is 0.279. The summed E-state index contributed by atoms with van der Waals surface area (Å²) in [7, 11) is 0. The first-order chi connectivity index (χ1) is 17.1. The first-order valence-corrected chi connectivity index (χ1v) is 12.7. The number of nitrogens with zero attached hydrogens (tertiary/aromatic N) is 3. The summed E-state index contributed by atoms with van der Waals surface area (Å²) in [5.41, 5.74) is 2.73. The third-order valence-electron chi connectivity index (χ3n) is 6.20. The number of aromatic amines is 1. The van der Waals surface area contributed by atoms with Crippen molar-refractivity contribution < 1.29 is 14.7 Å². The lowest BCUT2D eigenvalue weighted by Crippen LogP contribution is -2.37. The van der Waals surface area contributed by atoms with Crippen LogP contribution in [-0.4, -0.2) is 43.5 Å². The van der Waals surface area contributed by atoms with E-state index in [9.17, 15) is 14.7 Å². The highest BCUT2D eigenvalue weighted by molar-refractivity contribution is 7.10. The largest absolute Gasteiger partial charge is 0.465 e. The lowest BCUT2D eigenvalue weighted by molar-refractivity contribution is 0.0934. The third kappa shape index (κ3) is 5.91. The molecule has 0 saturated heterocycles. The van der Waals surface area contributed by atoms with Crippen molar-refractivity contribution in [2.45, 2.75) is 46.2 Å². The first kappa shape index (κ1) is 25.4. The van der Waals surface area contributed by atoms with E-state index >= 15 is 0 Å². The SMILES string of the molecule is CC(NC(=O)c1csc(C(CN(Cc2nc3ccccc3[nH]2)C(=O)O)C(C)(C)C)n1)c1ccccc1. The molecule has 0 aliphatic heterocycles. The van der Waals surface area contributed by atoms with Crippen molar-refractivity contribution in [2.75, 3.05) is 6.54 Å². The second kappa shape index (κ2) is 10.5. The minimum absolute atomic E-state index is 0.129. The fourth-order valence-corrected chi connectivity index (χ4v) is 5.20. The van der Waals surface area contributed by atoms with Crippen molar-refractivity contribution in [3.63, 3.8) is 0 Å². The molecule has 4 rings (SSSR count). The molecule has 2 amide bonds.